The number of rotatable bonds is 7. The summed E-state index contributed by atoms with van der Waals surface area (Å²) in [5, 5.41) is 3.17. The van der Waals surface area contributed by atoms with Crippen molar-refractivity contribution in [3.8, 4) is 11.5 Å². The Morgan fingerprint density at radius 2 is 1.77 bits per heavy atom. The molecule has 162 valence electrons. The van der Waals surface area contributed by atoms with E-state index in [1.807, 2.05) is 45.0 Å². The first-order chi connectivity index (χ1) is 14.3. The predicted molar refractivity (Wildman–Crippen MR) is 115 cm³/mol. The molecule has 6 heteroatoms. The summed E-state index contributed by atoms with van der Waals surface area (Å²) in [7, 11) is 3.26. The summed E-state index contributed by atoms with van der Waals surface area (Å²) in [6.45, 7) is 7.31. The van der Waals surface area contributed by atoms with Crippen LogP contribution >= 0.6 is 0 Å². The molecule has 2 aromatic rings. The fourth-order valence-electron chi connectivity index (χ4n) is 4.09. The van der Waals surface area contributed by atoms with Gasteiger partial charge in [-0.1, -0.05) is 26.0 Å². The van der Waals surface area contributed by atoms with Gasteiger partial charge in [-0.05, 0) is 54.3 Å². The molecule has 0 aromatic heterocycles. The quantitative estimate of drug-likeness (QED) is 0.741. The number of benzene rings is 2. The first-order valence-electron chi connectivity index (χ1n) is 10.4. The molecule has 2 aromatic carbocycles. The Morgan fingerprint density at radius 3 is 2.37 bits per heavy atom. The largest absolute Gasteiger partial charge is 0.493 e. The number of hydrogen-bond donors (Lipinski definition) is 1. The number of nitrogens with one attached hydrogen (secondary N) is 1. The van der Waals surface area contributed by atoms with Crippen LogP contribution in [-0.4, -0.2) is 37.6 Å². The molecular weight excluding hydrogens is 383 g/mol. The second kappa shape index (κ2) is 9.47. The Morgan fingerprint density at radius 1 is 1.13 bits per heavy atom. The average molecular weight is 415 g/mol. The van der Waals surface area contributed by atoms with Crippen LogP contribution in [-0.2, 0) is 17.8 Å². The van der Waals surface area contributed by atoms with Gasteiger partial charge in [0, 0.05) is 25.0 Å². The van der Waals surface area contributed by atoms with E-state index in [2.05, 4.69) is 10.2 Å². The maximum absolute atomic E-state index is 13.4. The van der Waals surface area contributed by atoms with Crippen molar-refractivity contribution in [2.75, 3.05) is 20.8 Å². The van der Waals surface area contributed by atoms with Crippen LogP contribution in [0, 0.1) is 11.7 Å². The second-order valence-electron chi connectivity index (χ2n) is 8.15. The van der Waals surface area contributed by atoms with Crippen molar-refractivity contribution in [3.05, 3.63) is 58.9 Å². The number of methoxy groups -OCH3 is 2. The number of carbonyl (C=O) groups is 1. The van der Waals surface area contributed by atoms with Crippen LogP contribution in [0.4, 0.5) is 4.39 Å². The molecule has 0 bridgehead atoms. The van der Waals surface area contributed by atoms with Crippen LogP contribution in [0.5, 0.6) is 11.5 Å². The minimum Gasteiger partial charge on any atom is -0.493 e. The number of nitrogens with zero attached hydrogens (tertiary/aromatic N) is 1. The van der Waals surface area contributed by atoms with Crippen molar-refractivity contribution in [1.82, 2.24) is 10.2 Å². The lowest BCUT2D eigenvalue weighted by Crippen LogP contribution is -2.48. The Bertz CT molecular complexity index is 883. The molecule has 0 unspecified atom stereocenters. The number of ether oxygens (including phenoxy) is 2. The SMILES string of the molecule is COc1cc2c(cc1OC)[C@H]([C@H](C)NC(=O)C(C)C)N(Cc1ccc(F)cc1)CC2. The minimum atomic E-state index is -0.242. The molecule has 3 rings (SSSR count). The summed E-state index contributed by atoms with van der Waals surface area (Å²) in [5.41, 5.74) is 3.35. The smallest absolute Gasteiger partial charge is 0.222 e. The van der Waals surface area contributed by atoms with Crippen molar-refractivity contribution in [2.24, 2.45) is 5.92 Å². The molecule has 1 amide bonds. The van der Waals surface area contributed by atoms with Crippen molar-refractivity contribution in [2.45, 2.75) is 45.8 Å². The third-order valence-corrected chi connectivity index (χ3v) is 5.69. The Hall–Kier alpha value is -2.60. The van der Waals surface area contributed by atoms with Gasteiger partial charge in [0.25, 0.3) is 0 Å². The maximum atomic E-state index is 13.4. The second-order valence-corrected chi connectivity index (χ2v) is 8.15. The molecule has 0 saturated carbocycles. The molecule has 0 spiro atoms. The normalized spacial score (nSPS) is 17.4. The van der Waals surface area contributed by atoms with Gasteiger partial charge in [0.15, 0.2) is 11.5 Å². The third kappa shape index (κ3) is 4.75. The van der Waals surface area contributed by atoms with E-state index in [1.165, 1.54) is 17.7 Å². The Labute approximate surface area is 178 Å². The third-order valence-electron chi connectivity index (χ3n) is 5.69. The van der Waals surface area contributed by atoms with Gasteiger partial charge in [-0.15, -0.1) is 0 Å². The Balaban J connectivity index is 1.98. The number of halogens is 1. The van der Waals surface area contributed by atoms with Crippen molar-refractivity contribution in [3.63, 3.8) is 0 Å². The molecule has 5 nitrogen and oxygen atoms in total. The zero-order valence-electron chi connectivity index (χ0n) is 18.4. The van der Waals surface area contributed by atoms with Crippen LogP contribution in [0.15, 0.2) is 36.4 Å². The van der Waals surface area contributed by atoms with Gasteiger partial charge in [0.05, 0.1) is 20.3 Å². The monoisotopic (exact) mass is 414 g/mol. The predicted octanol–water partition coefficient (Wildman–Crippen LogP) is 4.10. The van der Waals surface area contributed by atoms with Gasteiger partial charge in [-0.25, -0.2) is 4.39 Å². The molecule has 0 saturated heterocycles. The highest BCUT2D eigenvalue weighted by Gasteiger charge is 2.34. The Kier molecular flexibility index (Phi) is 6.98. The summed E-state index contributed by atoms with van der Waals surface area (Å²) < 4.78 is 24.4. The zero-order valence-corrected chi connectivity index (χ0v) is 18.4. The van der Waals surface area contributed by atoms with E-state index >= 15 is 0 Å². The molecule has 0 fully saturated rings. The molecule has 1 heterocycles. The van der Waals surface area contributed by atoms with Crippen LogP contribution in [0.3, 0.4) is 0 Å². The summed E-state index contributed by atoms with van der Waals surface area (Å²) in [4.78, 5) is 14.8. The van der Waals surface area contributed by atoms with Crippen molar-refractivity contribution >= 4 is 5.91 Å². The fourth-order valence-corrected chi connectivity index (χ4v) is 4.09. The zero-order chi connectivity index (χ0) is 21.8. The van der Waals surface area contributed by atoms with E-state index in [4.69, 9.17) is 9.47 Å². The van der Waals surface area contributed by atoms with Gasteiger partial charge in [0.2, 0.25) is 5.91 Å². The van der Waals surface area contributed by atoms with Crippen LogP contribution in [0.1, 0.15) is 43.5 Å². The maximum Gasteiger partial charge on any atom is 0.222 e. The number of fused-ring (bicyclic) bond motifs is 1. The average Bonchev–Trinajstić information content (AvgIpc) is 2.73. The molecular formula is C24H31FN2O3. The summed E-state index contributed by atoms with van der Waals surface area (Å²) in [6, 6.07) is 10.5. The lowest BCUT2D eigenvalue weighted by molar-refractivity contribution is -0.125. The van der Waals surface area contributed by atoms with Gasteiger partial charge in [-0.2, -0.15) is 0 Å². The van der Waals surface area contributed by atoms with E-state index in [1.54, 1.807) is 14.2 Å². The molecule has 2 atom stereocenters. The van der Waals surface area contributed by atoms with E-state index in [-0.39, 0.29) is 29.7 Å². The van der Waals surface area contributed by atoms with Crippen molar-refractivity contribution < 1.29 is 18.7 Å². The van der Waals surface area contributed by atoms with Gasteiger partial charge in [0.1, 0.15) is 5.82 Å². The summed E-state index contributed by atoms with van der Waals surface area (Å²) in [5.74, 6) is 1.07. The lowest BCUT2D eigenvalue weighted by atomic mass is 9.87. The molecule has 0 radical (unpaired) electrons. The fraction of sp³-hybridized carbons (Fsp3) is 0.458. The number of hydrogen-bond acceptors (Lipinski definition) is 4. The van der Waals surface area contributed by atoms with E-state index < -0.39 is 0 Å². The van der Waals surface area contributed by atoms with Gasteiger partial charge in [-0.3, -0.25) is 9.69 Å². The summed E-state index contributed by atoms with van der Waals surface area (Å²) in [6.07, 6.45) is 0.859. The van der Waals surface area contributed by atoms with Gasteiger partial charge < -0.3 is 14.8 Å². The minimum absolute atomic E-state index is 0.0248. The topological polar surface area (TPSA) is 50.8 Å². The number of carbonyl (C=O) groups excluding carboxylic acids is 1. The highest BCUT2D eigenvalue weighted by molar-refractivity contribution is 5.78. The first kappa shape index (κ1) is 22.1. The van der Waals surface area contributed by atoms with Crippen LogP contribution in [0.25, 0.3) is 0 Å². The van der Waals surface area contributed by atoms with Crippen LogP contribution in [0.2, 0.25) is 0 Å². The van der Waals surface area contributed by atoms with Crippen LogP contribution < -0.4 is 14.8 Å². The lowest BCUT2D eigenvalue weighted by Gasteiger charge is -2.41. The standard InChI is InChI=1S/C24H31FN2O3/c1-15(2)24(28)26-16(3)23-20-13-22(30-5)21(29-4)12-18(20)10-11-27(23)14-17-6-8-19(25)9-7-17/h6-9,12-13,15-16,23H,10-11,14H2,1-5H3,(H,26,28)/t16-,23-/m0/s1. The highest BCUT2D eigenvalue weighted by Crippen LogP contribution is 2.40. The van der Waals surface area contributed by atoms with Gasteiger partial charge >= 0.3 is 0 Å². The van der Waals surface area contributed by atoms with E-state index in [0.717, 1.165) is 24.1 Å². The number of amides is 1. The highest BCUT2D eigenvalue weighted by atomic mass is 19.1. The summed E-state index contributed by atoms with van der Waals surface area (Å²) >= 11 is 0. The molecule has 1 N–H and O–H groups in total. The van der Waals surface area contributed by atoms with E-state index in [0.29, 0.717) is 18.0 Å². The molecule has 0 aliphatic carbocycles. The van der Waals surface area contributed by atoms with Crippen molar-refractivity contribution in [1.29, 1.82) is 0 Å². The van der Waals surface area contributed by atoms with E-state index in [9.17, 15) is 9.18 Å². The molecule has 1 aliphatic heterocycles. The molecule has 1 aliphatic rings. The molecule has 30 heavy (non-hydrogen) atoms. The first-order valence-corrected chi connectivity index (χ1v) is 10.4.